The summed E-state index contributed by atoms with van der Waals surface area (Å²) in [6.45, 7) is 0.877. The quantitative estimate of drug-likeness (QED) is 0.0650. The van der Waals surface area contributed by atoms with Crippen LogP contribution in [0.2, 0.25) is 4.31 Å². The van der Waals surface area contributed by atoms with Gasteiger partial charge in [0.2, 0.25) is 0 Å². The Labute approximate surface area is 414 Å². The number of phosphoric acid groups is 1. The molecular weight excluding hydrogens is 965 g/mol. The number of nitrogens with one attached hydrogen (secondary N) is 1. The fourth-order valence-corrected chi connectivity index (χ4v) is 11.7. The number of hydrogen-bond donors (Lipinski definition) is 3. The number of rotatable bonds is 17. The number of amides is 3. The molecule has 348 valence electrons. The predicted molar refractivity (Wildman–Crippen MR) is 235 cm³/mol. The van der Waals surface area contributed by atoms with Gasteiger partial charge in [-0.3, -0.25) is 4.57 Å². The summed E-state index contributed by atoms with van der Waals surface area (Å²) in [6.07, 6.45) is -5.90. The minimum Gasteiger partial charge on any atom is -0.497 e. The van der Waals surface area contributed by atoms with Gasteiger partial charge in [-0.2, -0.15) is 0 Å². The van der Waals surface area contributed by atoms with Gasteiger partial charge in [0.05, 0.1) is 20.8 Å². The monoisotopic (exact) mass is 1010 g/mol. The van der Waals surface area contributed by atoms with Crippen LogP contribution in [0, 0.1) is 0 Å². The first-order chi connectivity index (χ1) is 31.7. The number of phosphoric ester groups is 1. The Balaban J connectivity index is 0.00000666. The number of aromatic nitrogens is 2. The molecule has 1 unspecified atom stereocenters. The molecule has 0 radical (unpaired) electrons. The Kier molecular flexibility index (Phi) is 16.2. The molecule has 3 aliphatic rings. The summed E-state index contributed by atoms with van der Waals surface area (Å²) in [4.78, 5) is 55.2. The van der Waals surface area contributed by atoms with Gasteiger partial charge in [0.25, 0.3) is 0 Å². The second kappa shape index (κ2) is 21.5. The molecule has 18 nitrogen and oxygen atoms in total. The van der Waals surface area contributed by atoms with E-state index in [9.17, 15) is 34.1 Å². The Hall–Kier alpha value is -4.43. The molecule has 1 aromatic heterocycles. The zero-order valence-corrected chi connectivity index (χ0v) is 41.6. The van der Waals surface area contributed by atoms with Gasteiger partial charge >= 0.3 is 221 Å². The van der Waals surface area contributed by atoms with Crippen LogP contribution in [0.25, 0.3) is 0 Å². The van der Waals surface area contributed by atoms with Crippen LogP contribution < -0.4 is 59.6 Å². The third-order valence-electron chi connectivity index (χ3n) is 11.7. The number of nitrogens with zero attached hydrogens (tertiary/aromatic N) is 3. The summed E-state index contributed by atoms with van der Waals surface area (Å²) < 4.78 is 56.6. The number of carbonyl (C=O) groups is 2. The van der Waals surface area contributed by atoms with Crippen molar-refractivity contribution < 1.29 is 91.5 Å². The Morgan fingerprint density at radius 1 is 0.836 bits per heavy atom. The number of benzene rings is 4. The largest absolute Gasteiger partial charge is 1.00 e. The molecule has 3 fully saturated rings. The van der Waals surface area contributed by atoms with E-state index in [1.54, 1.807) is 45.4 Å². The third kappa shape index (κ3) is 11.2. The number of ether oxygens (including phenoxy) is 5. The maximum atomic E-state index is 13.9. The smallest absolute Gasteiger partial charge is 0.497 e. The summed E-state index contributed by atoms with van der Waals surface area (Å²) in [5.41, 5.74) is -0.129. The first kappa shape index (κ1) is 50.4. The van der Waals surface area contributed by atoms with Crippen molar-refractivity contribution in [3.8, 4) is 17.4 Å². The van der Waals surface area contributed by atoms with Gasteiger partial charge in [-0.1, -0.05) is 54.6 Å². The molecule has 4 aromatic carbocycles. The summed E-state index contributed by atoms with van der Waals surface area (Å²) in [7, 11) is -1.91. The van der Waals surface area contributed by atoms with Crippen molar-refractivity contribution in [1.82, 2.24) is 19.8 Å². The van der Waals surface area contributed by atoms with Crippen molar-refractivity contribution >= 4 is 39.2 Å². The first-order valence-corrected chi connectivity index (χ1v) is 24.2. The van der Waals surface area contributed by atoms with E-state index < -0.39 is 84.7 Å². The number of methoxy groups -OCH3 is 2. The van der Waals surface area contributed by atoms with E-state index in [2.05, 4.69) is 10.3 Å². The summed E-state index contributed by atoms with van der Waals surface area (Å²) >= 11 is -0.373. The van der Waals surface area contributed by atoms with Crippen LogP contribution in [0.1, 0.15) is 42.7 Å². The van der Waals surface area contributed by atoms with Crippen LogP contribution in [-0.4, -0.2) is 116 Å². The van der Waals surface area contributed by atoms with Crippen LogP contribution in [-0.2, 0) is 38.2 Å². The van der Waals surface area contributed by atoms with E-state index in [4.69, 9.17) is 32.7 Å². The molecule has 0 aliphatic carbocycles. The Bertz CT molecular complexity index is 2550. The van der Waals surface area contributed by atoms with Crippen LogP contribution in [0.15, 0.2) is 126 Å². The molecule has 4 heterocycles. The molecule has 0 saturated carbocycles. The molecule has 0 bridgehead atoms. The number of aliphatic hydroxyl groups is 1. The van der Waals surface area contributed by atoms with Crippen LogP contribution in [0.5, 0.6) is 17.4 Å². The minimum absolute atomic E-state index is 0. The van der Waals surface area contributed by atoms with E-state index in [1.165, 1.54) is 11.1 Å². The van der Waals surface area contributed by atoms with Gasteiger partial charge in [-0.15, -0.1) is 0 Å². The fourth-order valence-electron chi connectivity index (χ4n) is 8.29. The van der Waals surface area contributed by atoms with Gasteiger partial charge in [0.1, 0.15) is 23.3 Å². The molecular formula is C46H48N4NaO14PSe. The third-order valence-corrected chi connectivity index (χ3v) is 15.4. The van der Waals surface area contributed by atoms with Crippen LogP contribution >= 0.6 is 7.82 Å². The fraction of sp³-hybridized carbons (Fsp3) is 0.348. The Morgan fingerprint density at radius 3 is 2.01 bits per heavy atom. The standard InChI is InChI=1S/C46H49N4O14PSe.Na/c1-45(66-34-12-8-5-9-13-34)28-50(44(55)48-42(45)53)40-24-35(51)37(62-40)27-61-65(56,57)64-36-25-41(49-23-22-39(52)47-43(49)54)63-38(36)26-60-46(29-10-6-4-7-11-29,30-14-18-32(58-2)19-15-30)31-16-20-33(59-3)21-17-31;/h4-23,35-38,40-41,51H,24-28H2,1-3H3,(H,56,57)(H,47,52,54)(H,48,53,55);/q;+1/p-1/t35-,36-,37+,38+,40+,41+,45-;/m0./s1. The molecule has 21 heteroatoms. The summed E-state index contributed by atoms with van der Waals surface area (Å²) in [6, 6.07) is 33.9. The topological polar surface area (TPSA) is 229 Å². The SMILES string of the molecule is COc1ccc(C(OC[C@H]2O[C@@H](n3ccc([O-])nc3=O)C[C@@H]2OP(=O)(O)OC[C@H]2O[C@@H](N3C[C@](C)([Se]c4ccccc4)C(=O)NC3=O)C[C@@H]2O)(c2ccccc2)c2ccc(OC)cc2)cc1.[Na+]. The van der Waals surface area contributed by atoms with Crippen LogP contribution in [0.4, 0.5) is 4.79 Å². The van der Waals surface area contributed by atoms with E-state index >= 15 is 0 Å². The van der Waals surface area contributed by atoms with Gasteiger partial charge in [-0.25, -0.2) is 9.78 Å². The van der Waals surface area contributed by atoms with Crippen molar-refractivity contribution in [3.63, 3.8) is 0 Å². The molecule has 3 aliphatic heterocycles. The maximum Gasteiger partial charge on any atom is 1.00 e. The van der Waals surface area contributed by atoms with Gasteiger partial charge in [0.15, 0.2) is 0 Å². The molecule has 3 saturated heterocycles. The summed E-state index contributed by atoms with van der Waals surface area (Å²) in [5.74, 6) is 0.0447. The predicted octanol–water partition coefficient (Wildman–Crippen LogP) is 0.373. The van der Waals surface area contributed by atoms with Gasteiger partial charge in [-0.05, 0) is 52.9 Å². The molecule has 3 amide bonds. The van der Waals surface area contributed by atoms with Gasteiger partial charge < -0.3 is 24.1 Å². The number of carbonyl (C=O) groups excluding carboxylic acids is 2. The average Bonchev–Trinajstić information content (AvgIpc) is 3.89. The van der Waals surface area contributed by atoms with Crippen molar-refractivity contribution in [2.24, 2.45) is 0 Å². The molecule has 3 N–H and O–H groups in total. The van der Waals surface area contributed by atoms with Crippen molar-refractivity contribution in [2.45, 2.75) is 66.6 Å². The molecule has 8 atom stereocenters. The maximum absolute atomic E-state index is 13.9. The zero-order chi connectivity index (χ0) is 46.6. The number of hydrogen-bond acceptors (Lipinski definition) is 14. The van der Waals surface area contributed by atoms with E-state index in [-0.39, 0.29) is 70.5 Å². The minimum atomic E-state index is -5.03. The normalized spacial score (nSPS) is 24.9. The van der Waals surface area contributed by atoms with E-state index in [0.717, 1.165) is 20.7 Å². The molecule has 0 spiro atoms. The number of urea groups is 1. The van der Waals surface area contributed by atoms with Gasteiger partial charge in [0, 0.05) is 6.20 Å². The summed E-state index contributed by atoms with van der Waals surface area (Å²) in [5, 5.41) is 25.4. The van der Waals surface area contributed by atoms with E-state index in [1.807, 2.05) is 84.9 Å². The van der Waals surface area contributed by atoms with Crippen molar-refractivity contribution in [2.75, 3.05) is 34.0 Å². The molecule has 67 heavy (non-hydrogen) atoms. The Morgan fingerprint density at radius 2 is 1.42 bits per heavy atom. The molecule has 5 aromatic rings. The van der Waals surface area contributed by atoms with Crippen molar-refractivity contribution in [3.05, 3.63) is 149 Å². The first-order valence-electron chi connectivity index (χ1n) is 21.0. The number of imide groups is 1. The second-order valence-electron chi connectivity index (χ2n) is 16.0. The molecule has 8 rings (SSSR count). The second-order valence-corrected chi connectivity index (χ2v) is 20.7. The number of aliphatic hydroxyl groups excluding tert-OH is 1. The average molecular weight is 1010 g/mol. The van der Waals surface area contributed by atoms with Crippen molar-refractivity contribution in [1.29, 1.82) is 0 Å². The van der Waals surface area contributed by atoms with Crippen LogP contribution in [0.3, 0.4) is 0 Å². The van der Waals surface area contributed by atoms with E-state index in [0.29, 0.717) is 22.6 Å². The zero-order valence-electron chi connectivity index (χ0n) is 37.0.